The predicted molar refractivity (Wildman–Crippen MR) is 295 cm³/mol. The molecule has 2 aromatic heterocycles. The summed E-state index contributed by atoms with van der Waals surface area (Å²) in [4.78, 5) is 5.32. The highest BCUT2D eigenvalue weighted by Gasteiger charge is 2.49. The molecule has 0 saturated carbocycles. The number of para-hydroxylation sites is 2. The van der Waals surface area contributed by atoms with Gasteiger partial charge in [0.2, 0.25) is 0 Å². The summed E-state index contributed by atoms with van der Waals surface area (Å²) in [7, 11) is 0. The fourth-order valence-corrected chi connectivity index (χ4v) is 13.4. The van der Waals surface area contributed by atoms with Gasteiger partial charge in [0.05, 0.1) is 0 Å². The molecule has 0 unspecified atom stereocenters. The molecule has 70 heavy (non-hydrogen) atoms. The monoisotopic (exact) mass is 910 g/mol. The Morgan fingerprint density at radius 1 is 0.443 bits per heavy atom. The summed E-state index contributed by atoms with van der Waals surface area (Å²) in [6.07, 6.45) is 4.62. The van der Waals surface area contributed by atoms with E-state index in [1.807, 2.05) is 0 Å². The maximum atomic E-state index is 7.22. The highest BCUT2D eigenvalue weighted by atomic mass is 16.3. The molecule has 2 aliphatic heterocycles. The Kier molecular flexibility index (Phi) is 8.45. The largest absolute Gasteiger partial charge is 0.456 e. The molecule has 0 saturated heterocycles. The Morgan fingerprint density at radius 2 is 1.06 bits per heavy atom. The van der Waals surface area contributed by atoms with E-state index in [-0.39, 0.29) is 28.5 Å². The molecule has 0 N–H and O–H groups in total. The number of aryl methyl sites for hydroxylation is 1. The lowest BCUT2D eigenvalue weighted by Gasteiger charge is -2.47. The van der Waals surface area contributed by atoms with Crippen molar-refractivity contribution >= 4 is 90.1 Å². The molecule has 5 heteroatoms. The molecule has 0 fully saturated rings. The van der Waals surface area contributed by atoms with Crippen LogP contribution < -0.4 is 20.6 Å². The maximum absolute atomic E-state index is 7.22. The Morgan fingerprint density at radius 3 is 1.77 bits per heavy atom. The van der Waals surface area contributed by atoms with Gasteiger partial charge in [-0.15, -0.1) is 0 Å². The van der Waals surface area contributed by atoms with Crippen molar-refractivity contribution in [2.24, 2.45) is 0 Å². The fourth-order valence-electron chi connectivity index (χ4n) is 13.4. The van der Waals surface area contributed by atoms with Crippen LogP contribution in [-0.2, 0) is 21.7 Å². The lowest BCUT2D eigenvalue weighted by atomic mass is 9.43. The van der Waals surface area contributed by atoms with E-state index in [0.717, 1.165) is 73.5 Å². The summed E-state index contributed by atoms with van der Waals surface area (Å²) in [5, 5.41) is 4.48. The molecule has 0 atom stereocenters. The van der Waals surface area contributed by atoms with E-state index >= 15 is 0 Å². The van der Waals surface area contributed by atoms with Crippen LogP contribution in [0.25, 0.3) is 66.1 Å². The Balaban J connectivity index is 1.16. The van der Waals surface area contributed by atoms with Gasteiger partial charge in [0.25, 0.3) is 0 Å². The van der Waals surface area contributed by atoms with Gasteiger partial charge in [-0.25, -0.2) is 0 Å². The number of rotatable bonds is 3. The van der Waals surface area contributed by atoms with Crippen LogP contribution in [0.5, 0.6) is 0 Å². The molecule has 0 radical (unpaired) electrons. The average molecular weight is 911 g/mol. The molecule has 0 spiro atoms. The van der Waals surface area contributed by atoms with Crippen molar-refractivity contribution in [2.75, 3.05) is 9.71 Å². The summed E-state index contributed by atoms with van der Waals surface area (Å²) < 4.78 is 14.0. The number of hydrogen-bond donors (Lipinski definition) is 0. The predicted octanol–water partition coefficient (Wildman–Crippen LogP) is 16.9. The van der Waals surface area contributed by atoms with Gasteiger partial charge >= 0.3 is 6.85 Å². The van der Waals surface area contributed by atoms with Crippen molar-refractivity contribution in [1.29, 1.82) is 0 Å². The third-order valence-corrected chi connectivity index (χ3v) is 17.7. The summed E-state index contributed by atoms with van der Waals surface area (Å²) >= 11 is 0. The molecule has 10 aromatic rings. The molecular weight excluding hydrogens is 852 g/mol. The zero-order chi connectivity index (χ0) is 47.8. The molecule has 344 valence electrons. The number of anilines is 5. The minimum atomic E-state index is -0.209. The SMILES string of the molecule is Cc1cc2c(cc1N1c3cc(-c4ccccc4)ccc3B3c4c1cc1c(oc5ccccc51)c4-c1cc4c(cc1N3c1ccc3c(c1)C(C)(C)CCC3(C)C)oc1ccccc14)C(C)(C)CCC2(C)C. The maximum Gasteiger partial charge on any atom is 0.333 e. The number of nitrogens with zero attached hydrogens (tertiary/aromatic N) is 2. The van der Waals surface area contributed by atoms with Crippen LogP contribution in [0.3, 0.4) is 0 Å². The summed E-state index contributed by atoms with van der Waals surface area (Å²) in [5.41, 5.74) is 24.1. The van der Waals surface area contributed by atoms with Crippen molar-refractivity contribution in [3.05, 3.63) is 173 Å². The lowest BCUT2D eigenvalue weighted by molar-refractivity contribution is 0.332. The molecular formula is C65H59BN2O2. The van der Waals surface area contributed by atoms with Gasteiger partial charge in [0.15, 0.2) is 0 Å². The van der Waals surface area contributed by atoms with Crippen LogP contribution in [-0.4, -0.2) is 6.85 Å². The lowest BCUT2D eigenvalue weighted by Crippen LogP contribution is -2.61. The van der Waals surface area contributed by atoms with E-state index in [0.29, 0.717) is 0 Å². The highest BCUT2D eigenvalue weighted by Crippen LogP contribution is 2.56. The normalized spacial score (nSPS) is 17.9. The van der Waals surface area contributed by atoms with Crippen LogP contribution in [0.2, 0.25) is 0 Å². The van der Waals surface area contributed by atoms with Crippen molar-refractivity contribution in [1.82, 2.24) is 0 Å². The van der Waals surface area contributed by atoms with E-state index in [4.69, 9.17) is 8.83 Å². The van der Waals surface area contributed by atoms with Gasteiger partial charge in [0, 0.05) is 67.2 Å². The van der Waals surface area contributed by atoms with Crippen LogP contribution >= 0.6 is 0 Å². The van der Waals surface area contributed by atoms with E-state index in [1.165, 1.54) is 85.5 Å². The molecule has 4 heterocycles. The molecule has 0 bridgehead atoms. The molecule has 0 amide bonds. The average Bonchev–Trinajstić information content (AvgIpc) is 3.91. The van der Waals surface area contributed by atoms with E-state index in [9.17, 15) is 0 Å². The van der Waals surface area contributed by atoms with Crippen molar-refractivity contribution in [3.8, 4) is 22.3 Å². The topological polar surface area (TPSA) is 32.8 Å². The Bertz CT molecular complexity index is 3880. The quantitative estimate of drug-likeness (QED) is 0.165. The van der Waals surface area contributed by atoms with Crippen LogP contribution in [0.4, 0.5) is 28.4 Å². The third kappa shape index (κ3) is 5.78. The zero-order valence-corrected chi connectivity index (χ0v) is 42.0. The van der Waals surface area contributed by atoms with E-state index in [1.54, 1.807) is 0 Å². The summed E-state index contributed by atoms with van der Waals surface area (Å²) in [6.45, 7) is 21.7. The summed E-state index contributed by atoms with van der Waals surface area (Å²) in [6, 6.07) is 55.1. The van der Waals surface area contributed by atoms with Gasteiger partial charge in [-0.05, 0) is 153 Å². The first-order valence-corrected chi connectivity index (χ1v) is 25.6. The van der Waals surface area contributed by atoms with Gasteiger partial charge in [-0.1, -0.05) is 146 Å². The highest BCUT2D eigenvalue weighted by molar-refractivity contribution is 6.94. The summed E-state index contributed by atoms with van der Waals surface area (Å²) in [5.74, 6) is 0. The first-order valence-electron chi connectivity index (χ1n) is 25.6. The number of benzene rings is 8. The molecule has 8 aromatic carbocycles. The minimum absolute atomic E-state index is 0.0177. The van der Waals surface area contributed by atoms with Gasteiger partial charge in [0.1, 0.15) is 22.3 Å². The molecule has 14 rings (SSSR count). The molecule has 2 aliphatic carbocycles. The van der Waals surface area contributed by atoms with Gasteiger partial charge < -0.3 is 18.5 Å². The first kappa shape index (κ1) is 42.0. The van der Waals surface area contributed by atoms with Gasteiger partial charge in [-0.3, -0.25) is 0 Å². The Labute approximate surface area is 412 Å². The standard InChI is InChI=1S/C65H59BN2O2/c1-38-31-48-50(65(8,9)30-29-63(48,4)5)36-52(38)67-54-32-40(39-17-11-10-12-18-39)23-26-51(54)66-60-55(67)35-45-43-20-14-16-22-57(43)70-61(45)59(60)46-34-44-42-19-13-15-21-56(42)69-58(44)37-53(46)68(66)41-24-25-47-49(33-41)64(6,7)28-27-62(47,2)3/h10-26,31-37H,27-30H2,1-9H3. The van der Waals surface area contributed by atoms with Crippen molar-refractivity contribution in [2.45, 2.75) is 110 Å². The van der Waals surface area contributed by atoms with E-state index < -0.39 is 0 Å². The molecule has 4 nitrogen and oxygen atoms in total. The van der Waals surface area contributed by atoms with Crippen molar-refractivity contribution < 1.29 is 8.83 Å². The van der Waals surface area contributed by atoms with Crippen LogP contribution in [0.15, 0.2) is 154 Å². The van der Waals surface area contributed by atoms with Crippen molar-refractivity contribution in [3.63, 3.8) is 0 Å². The minimum Gasteiger partial charge on any atom is -0.456 e. The number of furan rings is 2. The smallest absolute Gasteiger partial charge is 0.333 e. The zero-order valence-electron chi connectivity index (χ0n) is 42.0. The number of hydrogen-bond acceptors (Lipinski definition) is 4. The number of fused-ring (bicyclic) bond motifs is 13. The van der Waals surface area contributed by atoms with E-state index in [2.05, 4.69) is 218 Å². The van der Waals surface area contributed by atoms with Crippen LogP contribution in [0, 0.1) is 6.92 Å². The molecule has 4 aliphatic rings. The second-order valence-electron chi connectivity index (χ2n) is 23.8. The second kappa shape index (κ2) is 14.1. The van der Waals surface area contributed by atoms with Gasteiger partial charge in [-0.2, -0.15) is 0 Å². The fraction of sp³-hybridized carbons (Fsp3) is 0.262. The third-order valence-electron chi connectivity index (χ3n) is 17.7. The second-order valence-corrected chi connectivity index (χ2v) is 23.8. The van der Waals surface area contributed by atoms with Crippen LogP contribution in [0.1, 0.15) is 109 Å². The first-order chi connectivity index (χ1) is 33.6. The Hall–Kier alpha value is -6.98.